The molecule has 1 aliphatic rings. The largest absolute Gasteiger partial charge is 0.350 e. The van der Waals surface area contributed by atoms with E-state index in [0.717, 1.165) is 32.4 Å². The van der Waals surface area contributed by atoms with Crippen LogP contribution in [0.25, 0.3) is 0 Å². The number of nitrogens with zero attached hydrogens (tertiary/aromatic N) is 3. The van der Waals surface area contributed by atoms with Gasteiger partial charge in [0, 0.05) is 24.5 Å². The topological polar surface area (TPSA) is 58.1 Å². The summed E-state index contributed by atoms with van der Waals surface area (Å²) in [5, 5.41) is 5.25. The van der Waals surface area contributed by atoms with Crippen LogP contribution in [0, 0.1) is 6.92 Å². The minimum Gasteiger partial charge on any atom is -0.350 e. The fourth-order valence-electron chi connectivity index (χ4n) is 2.62. The number of carbonyl (C=O) groups excluding carboxylic acids is 1. The first-order chi connectivity index (χ1) is 11.1. The lowest BCUT2D eigenvalue weighted by atomic mass is 10.2. The van der Waals surface area contributed by atoms with Crippen molar-refractivity contribution in [3.63, 3.8) is 0 Å². The highest BCUT2D eigenvalue weighted by molar-refractivity contribution is 7.10. The molecule has 1 fully saturated rings. The molecule has 0 saturated carbocycles. The highest BCUT2D eigenvalue weighted by Crippen LogP contribution is 2.20. The zero-order valence-electron chi connectivity index (χ0n) is 13.0. The zero-order valence-corrected chi connectivity index (χ0v) is 14.6. The molecule has 2 aromatic rings. The Hall–Kier alpha value is -1.66. The van der Waals surface area contributed by atoms with Crippen LogP contribution in [0.3, 0.4) is 0 Å². The molecule has 7 heteroatoms. The SMILES string of the molecule is Cc1ccsc1CCNC(=O)c1nc(N2CCCC2)ncc1Cl. The summed E-state index contributed by atoms with van der Waals surface area (Å²) in [6, 6.07) is 2.09. The van der Waals surface area contributed by atoms with Gasteiger partial charge in [-0.3, -0.25) is 4.79 Å². The Morgan fingerprint density at radius 1 is 1.43 bits per heavy atom. The van der Waals surface area contributed by atoms with Crippen LogP contribution in [0.4, 0.5) is 5.95 Å². The number of rotatable bonds is 5. The molecule has 0 bridgehead atoms. The standard InChI is InChI=1S/C16H19ClN4OS/c1-11-5-9-23-13(11)4-6-18-15(22)14-12(17)10-19-16(20-14)21-7-2-3-8-21/h5,9-10H,2-4,6-8H2,1H3,(H,18,22). The van der Waals surface area contributed by atoms with Gasteiger partial charge in [-0.2, -0.15) is 0 Å². The Morgan fingerprint density at radius 3 is 2.91 bits per heavy atom. The summed E-state index contributed by atoms with van der Waals surface area (Å²) >= 11 is 7.81. The van der Waals surface area contributed by atoms with Crippen LogP contribution >= 0.6 is 22.9 Å². The van der Waals surface area contributed by atoms with Crippen molar-refractivity contribution < 1.29 is 4.79 Å². The van der Waals surface area contributed by atoms with E-state index in [0.29, 0.717) is 12.5 Å². The van der Waals surface area contributed by atoms with Crippen LogP contribution in [-0.4, -0.2) is 35.5 Å². The molecule has 2 aromatic heterocycles. The molecule has 3 rings (SSSR count). The second kappa shape index (κ2) is 7.27. The molecule has 3 heterocycles. The number of thiophene rings is 1. The van der Waals surface area contributed by atoms with Gasteiger partial charge in [0.1, 0.15) is 0 Å². The summed E-state index contributed by atoms with van der Waals surface area (Å²) in [5.74, 6) is 0.346. The summed E-state index contributed by atoms with van der Waals surface area (Å²) in [7, 11) is 0. The molecule has 1 amide bonds. The van der Waals surface area contributed by atoms with E-state index in [1.54, 1.807) is 11.3 Å². The van der Waals surface area contributed by atoms with E-state index in [4.69, 9.17) is 11.6 Å². The Labute approximate surface area is 144 Å². The van der Waals surface area contributed by atoms with Crippen molar-refractivity contribution in [2.75, 3.05) is 24.5 Å². The second-order valence-corrected chi connectivity index (χ2v) is 7.00. The number of nitrogens with one attached hydrogen (secondary N) is 1. The molecular weight excluding hydrogens is 332 g/mol. The number of anilines is 1. The lowest BCUT2D eigenvalue weighted by Gasteiger charge is -2.15. The van der Waals surface area contributed by atoms with Gasteiger partial charge >= 0.3 is 0 Å². The maximum Gasteiger partial charge on any atom is 0.271 e. The average molecular weight is 351 g/mol. The van der Waals surface area contributed by atoms with Gasteiger partial charge in [0.2, 0.25) is 5.95 Å². The number of halogens is 1. The first-order valence-corrected chi connectivity index (χ1v) is 8.99. The van der Waals surface area contributed by atoms with Crippen LogP contribution in [0.1, 0.15) is 33.8 Å². The van der Waals surface area contributed by atoms with Crippen molar-refractivity contribution in [3.8, 4) is 0 Å². The normalized spacial score (nSPS) is 14.3. The van der Waals surface area contributed by atoms with E-state index in [2.05, 4.69) is 38.6 Å². The maximum atomic E-state index is 12.3. The molecule has 1 N–H and O–H groups in total. The molecule has 0 aliphatic carbocycles. The third-order valence-electron chi connectivity index (χ3n) is 3.94. The lowest BCUT2D eigenvalue weighted by Crippen LogP contribution is -2.28. The van der Waals surface area contributed by atoms with Gasteiger partial charge in [0.25, 0.3) is 5.91 Å². The summed E-state index contributed by atoms with van der Waals surface area (Å²) in [6.07, 6.45) is 4.60. The van der Waals surface area contributed by atoms with Crippen molar-refractivity contribution in [1.82, 2.24) is 15.3 Å². The number of carbonyl (C=O) groups is 1. The van der Waals surface area contributed by atoms with E-state index >= 15 is 0 Å². The molecule has 0 unspecified atom stereocenters. The van der Waals surface area contributed by atoms with Gasteiger partial charge < -0.3 is 10.2 Å². The molecule has 0 aromatic carbocycles. The highest BCUT2D eigenvalue weighted by Gasteiger charge is 2.19. The van der Waals surface area contributed by atoms with E-state index in [-0.39, 0.29) is 16.6 Å². The van der Waals surface area contributed by atoms with Crippen molar-refractivity contribution in [2.45, 2.75) is 26.2 Å². The first-order valence-electron chi connectivity index (χ1n) is 7.74. The van der Waals surface area contributed by atoms with Crippen LogP contribution < -0.4 is 10.2 Å². The van der Waals surface area contributed by atoms with Crippen LogP contribution in [-0.2, 0) is 6.42 Å². The summed E-state index contributed by atoms with van der Waals surface area (Å²) in [4.78, 5) is 24.3. The van der Waals surface area contributed by atoms with Gasteiger partial charge in [0.05, 0.1) is 11.2 Å². The van der Waals surface area contributed by atoms with E-state index < -0.39 is 0 Å². The predicted octanol–water partition coefficient (Wildman–Crippen LogP) is 3.07. The Morgan fingerprint density at radius 2 is 2.22 bits per heavy atom. The summed E-state index contributed by atoms with van der Waals surface area (Å²) in [5.41, 5.74) is 1.52. The number of aryl methyl sites for hydroxylation is 1. The quantitative estimate of drug-likeness (QED) is 0.900. The van der Waals surface area contributed by atoms with Gasteiger partial charge in [-0.25, -0.2) is 9.97 Å². The van der Waals surface area contributed by atoms with Gasteiger partial charge in [0.15, 0.2) is 5.69 Å². The number of aromatic nitrogens is 2. The molecule has 23 heavy (non-hydrogen) atoms. The second-order valence-electron chi connectivity index (χ2n) is 5.59. The zero-order chi connectivity index (χ0) is 16.2. The molecule has 122 valence electrons. The molecule has 0 atom stereocenters. The van der Waals surface area contributed by atoms with Crippen LogP contribution in [0.5, 0.6) is 0 Å². The van der Waals surface area contributed by atoms with Crippen molar-refractivity contribution in [2.24, 2.45) is 0 Å². The molecular formula is C16H19ClN4OS. The first kappa shape index (κ1) is 16.2. The van der Waals surface area contributed by atoms with Gasteiger partial charge in [-0.05, 0) is 43.2 Å². The molecule has 1 aliphatic heterocycles. The molecule has 0 radical (unpaired) electrons. The molecule has 0 spiro atoms. The van der Waals surface area contributed by atoms with Crippen LogP contribution in [0.2, 0.25) is 5.02 Å². The smallest absolute Gasteiger partial charge is 0.271 e. The van der Waals surface area contributed by atoms with E-state index in [1.165, 1.54) is 16.6 Å². The van der Waals surface area contributed by atoms with E-state index in [9.17, 15) is 4.79 Å². The average Bonchev–Trinajstić information content (AvgIpc) is 3.20. The summed E-state index contributed by atoms with van der Waals surface area (Å²) in [6.45, 7) is 4.51. The fourth-order valence-corrected chi connectivity index (χ4v) is 3.71. The number of hydrogen-bond donors (Lipinski definition) is 1. The Kier molecular flexibility index (Phi) is 5.13. The molecule has 1 saturated heterocycles. The molecule has 5 nitrogen and oxygen atoms in total. The van der Waals surface area contributed by atoms with Crippen molar-refractivity contribution in [3.05, 3.63) is 38.8 Å². The third-order valence-corrected chi connectivity index (χ3v) is 5.30. The predicted molar refractivity (Wildman–Crippen MR) is 93.6 cm³/mol. The highest BCUT2D eigenvalue weighted by atomic mass is 35.5. The minimum atomic E-state index is -0.243. The Bertz CT molecular complexity index is 697. The number of amides is 1. The van der Waals surface area contributed by atoms with Crippen LogP contribution in [0.15, 0.2) is 17.6 Å². The monoisotopic (exact) mass is 350 g/mol. The third kappa shape index (κ3) is 3.82. The van der Waals surface area contributed by atoms with Crippen molar-refractivity contribution in [1.29, 1.82) is 0 Å². The van der Waals surface area contributed by atoms with Gasteiger partial charge in [-0.15, -0.1) is 11.3 Å². The Balaban J connectivity index is 1.64. The van der Waals surface area contributed by atoms with Gasteiger partial charge in [-0.1, -0.05) is 11.6 Å². The fraction of sp³-hybridized carbons (Fsp3) is 0.438. The van der Waals surface area contributed by atoms with E-state index in [1.807, 2.05) is 0 Å². The van der Waals surface area contributed by atoms with Crippen molar-refractivity contribution >= 4 is 34.8 Å². The summed E-state index contributed by atoms with van der Waals surface area (Å²) < 4.78 is 0. The minimum absolute atomic E-state index is 0.243. The maximum absolute atomic E-state index is 12.3. The lowest BCUT2D eigenvalue weighted by molar-refractivity contribution is 0.0949. The number of hydrogen-bond acceptors (Lipinski definition) is 5.